The summed E-state index contributed by atoms with van der Waals surface area (Å²) >= 11 is 5.45. The minimum absolute atomic E-state index is 0.103. The predicted molar refractivity (Wildman–Crippen MR) is 90.3 cm³/mol. The number of benzene rings is 2. The molecule has 1 heterocycles. The van der Waals surface area contributed by atoms with Gasteiger partial charge in [0.25, 0.3) is 5.69 Å². The predicted octanol–water partition coefficient (Wildman–Crippen LogP) is 4.17. The van der Waals surface area contributed by atoms with Gasteiger partial charge in [0.15, 0.2) is 0 Å². The molecule has 0 unspecified atom stereocenters. The molecule has 0 saturated heterocycles. The quantitative estimate of drug-likeness (QED) is 0.483. The Bertz CT molecular complexity index is 739. The van der Waals surface area contributed by atoms with Crippen LogP contribution in [0.3, 0.4) is 0 Å². The first-order valence-corrected chi connectivity index (χ1v) is 7.35. The second-order valence-corrected chi connectivity index (χ2v) is 5.53. The lowest BCUT2D eigenvalue weighted by Gasteiger charge is -2.23. The summed E-state index contributed by atoms with van der Waals surface area (Å²) in [6.45, 7) is 0.623. The van der Waals surface area contributed by atoms with Gasteiger partial charge in [0.2, 0.25) is 0 Å². The number of hydrogen-bond donors (Lipinski definition) is 0. The summed E-state index contributed by atoms with van der Waals surface area (Å²) < 4.78 is 0. The Balaban J connectivity index is 1.82. The van der Waals surface area contributed by atoms with E-state index in [1.54, 1.807) is 12.1 Å². The van der Waals surface area contributed by atoms with E-state index in [-0.39, 0.29) is 10.6 Å². The number of nitro benzene ring substituents is 1. The van der Waals surface area contributed by atoms with Gasteiger partial charge < -0.3 is 4.90 Å². The van der Waals surface area contributed by atoms with Crippen molar-refractivity contribution >= 4 is 28.6 Å². The van der Waals surface area contributed by atoms with Gasteiger partial charge in [0.1, 0.15) is 0 Å². The molecule has 5 heteroatoms. The second kappa shape index (κ2) is 6.07. The second-order valence-electron chi connectivity index (χ2n) is 5.06. The van der Waals surface area contributed by atoms with Crippen molar-refractivity contribution in [2.45, 2.75) is 13.0 Å². The van der Waals surface area contributed by atoms with Crippen LogP contribution in [-0.4, -0.2) is 14.8 Å². The Morgan fingerprint density at radius 3 is 2.41 bits per heavy atom. The van der Waals surface area contributed by atoms with Crippen LogP contribution < -0.4 is 0 Å². The van der Waals surface area contributed by atoms with Crippen LogP contribution in [0.1, 0.15) is 17.5 Å². The lowest BCUT2D eigenvalue weighted by atomic mass is 10.1. The third kappa shape index (κ3) is 2.89. The summed E-state index contributed by atoms with van der Waals surface area (Å²) in [5, 5.41) is 10.7. The highest BCUT2D eigenvalue weighted by Crippen LogP contribution is 2.29. The van der Waals surface area contributed by atoms with Gasteiger partial charge in [-0.1, -0.05) is 60.8 Å². The van der Waals surface area contributed by atoms with Gasteiger partial charge in [0.05, 0.1) is 9.91 Å². The van der Waals surface area contributed by atoms with E-state index in [0.717, 1.165) is 28.2 Å². The summed E-state index contributed by atoms with van der Waals surface area (Å²) in [5.41, 5.74) is 3.33. The first-order valence-electron chi connectivity index (χ1n) is 6.94. The average molecular weight is 310 g/mol. The number of thiocarbonyl (C=S) groups is 1. The molecule has 0 N–H and O–H groups in total. The van der Waals surface area contributed by atoms with Crippen LogP contribution >= 0.6 is 12.2 Å². The van der Waals surface area contributed by atoms with Crippen LogP contribution in [0.5, 0.6) is 0 Å². The Morgan fingerprint density at radius 1 is 1.09 bits per heavy atom. The lowest BCUT2D eigenvalue weighted by molar-refractivity contribution is -0.384. The maximum atomic E-state index is 10.7. The monoisotopic (exact) mass is 310 g/mol. The largest absolute Gasteiger partial charge is 0.331 e. The van der Waals surface area contributed by atoms with E-state index >= 15 is 0 Å². The molecule has 0 aliphatic carbocycles. The van der Waals surface area contributed by atoms with Gasteiger partial charge in [-0.15, -0.1) is 0 Å². The Morgan fingerprint density at radius 2 is 1.77 bits per heavy atom. The van der Waals surface area contributed by atoms with Gasteiger partial charge in [-0.05, 0) is 11.1 Å². The van der Waals surface area contributed by atoms with Gasteiger partial charge in [0, 0.05) is 30.8 Å². The molecular weight excluding hydrogens is 296 g/mol. The molecule has 0 saturated carbocycles. The number of hydrogen-bond acceptors (Lipinski definition) is 3. The zero-order valence-electron chi connectivity index (χ0n) is 11.8. The van der Waals surface area contributed by atoms with Crippen molar-refractivity contribution in [1.29, 1.82) is 0 Å². The zero-order chi connectivity index (χ0) is 15.5. The van der Waals surface area contributed by atoms with E-state index < -0.39 is 0 Å². The average Bonchev–Trinajstić information content (AvgIpc) is 2.90. The summed E-state index contributed by atoms with van der Waals surface area (Å²) in [6.07, 6.45) is 2.88. The molecule has 0 bridgehead atoms. The third-order valence-corrected chi connectivity index (χ3v) is 4.01. The van der Waals surface area contributed by atoms with Crippen LogP contribution in [0.25, 0.3) is 5.70 Å². The van der Waals surface area contributed by atoms with Crippen LogP contribution in [0.2, 0.25) is 0 Å². The first kappa shape index (κ1) is 14.4. The zero-order valence-corrected chi connectivity index (χ0v) is 12.6. The van der Waals surface area contributed by atoms with Crippen molar-refractivity contribution in [3.8, 4) is 0 Å². The highest BCUT2D eigenvalue weighted by molar-refractivity contribution is 7.80. The van der Waals surface area contributed by atoms with E-state index in [1.165, 1.54) is 12.1 Å². The van der Waals surface area contributed by atoms with Crippen LogP contribution in [0.15, 0.2) is 60.7 Å². The van der Waals surface area contributed by atoms with E-state index in [1.807, 2.05) is 18.2 Å². The molecule has 0 aromatic heterocycles. The molecular formula is C17H14N2O2S. The molecule has 1 aliphatic heterocycles. The fraction of sp³-hybridized carbons (Fsp3) is 0.118. The molecule has 2 aromatic rings. The van der Waals surface area contributed by atoms with Gasteiger partial charge in [-0.3, -0.25) is 10.1 Å². The maximum Gasteiger partial charge on any atom is 0.269 e. The maximum absolute atomic E-state index is 10.7. The van der Waals surface area contributed by atoms with E-state index in [2.05, 4.69) is 23.1 Å². The van der Waals surface area contributed by atoms with Gasteiger partial charge in [-0.25, -0.2) is 0 Å². The summed E-state index contributed by atoms with van der Waals surface area (Å²) in [5.74, 6) is 0. The normalized spacial score (nSPS) is 14.1. The lowest BCUT2D eigenvalue weighted by Crippen LogP contribution is -2.22. The van der Waals surface area contributed by atoms with Crippen molar-refractivity contribution in [2.24, 2.45) is 0 Å². The molecule has 0 radical (unpaired) electrons. The van der Waals surface area contributed by atoms with E-state index in [0.29, 0.717) is 6.54 Å². The smallest absolute Gasteiger partial charge is 0.269 e. The number of rotatable bonds is 4. The highest BCUT2D eigenvalue weighted by atomic mass is 32.1. The van der Waals surface area contributed by atoms with Crippen LogP contribution in [0, 0.1) is 10.1 Å². The van der Waals surface area contributed by atoms with Crippen molar-refractivity contribution in [2.75, 3.05) is 0 Å². The molecule has 0 spiro atoms. The highest BCUT2D eigenvalue weighted by Gasteiger charge is 2.21. The van der Waals surface area contributed by atoms with Crippen LogP contribution in [-0.2, 0) is 6.54 Å². The Kier molecular flexibility index (Phi) is 3.98. The summed E-state index contributed by atoms with van der Waals surface area (Å²) in [4.78, 5) is 13.3. The van der Waals surface area contributed by atoms with Crippen LogP contribution in [0.4, 0.5) is 5.69 Å². The molecule has 0 atom stereocenters. The Hall–Kier alpha value is -2.53. The number of non-ortho nitro benzene ring substituents is 1. The van der Waals surface area contributed by atoms with E-state index in [9.17, 15) is 10.1 Å². The summed E-state index contributed by atoms with van der Waals surface area (Å²) in [6, 6.07) is 16.7. The molecule has 3 rings (SSSR count). The summed E-state index contributed by atoms with van der Waals surface area (Å²) in [7, 11) is 0. The molecule has 22 heavy (non-hydrogen) atoms. The Labute approximate surface area is 133 Å². The SMILES string of the molecule is O=[N+]([O-])c1ccc(CN2C(=S)CC=C2c2ccccc2)cc1. The third-order valence-electron chi connectivity index (χ3n) is 3.62. The molecule has 0 fully saturated rings. The number of nitro groups is 1. The van der Waals surface area contributed by atoms with Crippen molar-refractivity contribution < 1.29 is 4.92 Å². The molecule has 1 aliphatic rings. The molecule has 0 amide bonds. The minimum Gasteiger partial charge on any atom is -0.331 e. The van der Waals surface area contributed by atoms with Crippen molar-refractivity contribution in [3.05, 3.63) is 81.9 Å². The van der Waals surface area contributed by atoms with E-state index in [4.69, 9.17) is 12.2 Å². The standard InChI is InChI=1S/C17H14N2O2S/c20-19(21)15-8-6-13(7-9-15)12-18-16(10-11-17(18)22)14-4-2-1-3-5-14/h1-10H,11-12H2. The van der Waals surface area contributed by atoms with Crippen molar-refractivity contribution in [3.63, 3.8) is 0 Å². The number of nitrogens with zero attached hydrogens (tertiary/aromatic N) is 2. The molecule has 2 aromatic carbocycles. The fourth-order valence-electron chi connectivity index (χ4n) is 2.50. The molecule has 4 nitrogen and oxygen atoms in total. The molecule has 110 valence electrons. The topological polar surface area (TPSA) is 46.4 Å². The first-order chi connectivity index (χ1) is 10.6. The fourth-order valence-corrected chi connectivity index (χ4v) is 2.75. The van der Waals surface area contributed by atoms with Gasteiger partial charge >= 0.3 is 0 Å². The van der Waals surface area contributed by atoms with Gasteiger partial charge in [-0.2, -0.15) is 0 Å². The van der Waals surface area contributed by atoms with Crippen molar-refractivity contribution in [1.82, 2.24) is 4.90 Å². The minimum atomic E-state index is -0.389.